The van der Waals surface area contributed by atoms with E-state index in [1.807, 2.05) is 17.0 Å². The summed E-state index contributed by atoms with van der Waals surface area (Å²) in [5, 5.41) is 13.3. The van der Waals surface area contributed by atoms with Gasteiger partial charge in [0.2, 0.25) is 0 Å². The Labute approximate surface area is 155 Å². The summed E-state index contributed by atoms with van der Waals surface area (Å²) in [6, 6.07) is 8.23. The molecule has 1 N–H and O–H groups in total. The van der Waals surface area contributed by atoms with Gasteiger partial charge >= 0.3 is 0 Å². The summed E-state index contributed by atoms with van der Waals surface area (Å²) in [5.41, 5.74) is 5.85. The Morgan fingerprint density at radius 2 is 2.23 bits per heavy atom. The molecule has 0 saturated carbocycles. The van der Waals surface area contributed by atoms with Gasteiger partial charge in [-0.2, -0.15) is 5.10 Å². The topological polar surface area (TPSA) is 84.0 Å². The summed E-state index contributed by atoms with van der Waals surface area (Å²) in [5.74, 6) is -0.0551. The van der Waals surface area contributed by atoms with Gasteiger partial charge in [-0.3, -0.25) is 9.89 Å². The third-order valence-corrected chi connectivity index (χ3v) is 5.10. The van der Waals surface area contributed by atoms with Crippen LogP contribution in [0.25, 0.3) is 11.3 Å². The van der Waals surface area contributed by atoms with Crippen molar-refractivity contribution in [2.45, 2.75) is 19.4 Å². The standard InChI is InChI=1S/C18H19N5O2S/c1-25-10-12-3-2-4-13(9-12)17-14-5-7-23(8-6-15(14)19-21-17)18(24)16-11-26-22-20-16/h2-4,9,11H,5-8,10H2,1H3,(H,19,21). The first-order valence-corrected chi connectivity index (χ1v) is 9.30. The van der Waals surface area contributed by atoms with E-state index in [1.165, 1.54) is 17.1 Å². The molecule has 0 saturated heterocycles. The van der Waals surface area contributed by atoms with Crippen LogP contribution in [0.4, 0.5) is 0 Å². The van der Waals surface area contributed by atoms with Crippen LogP contribution in [0.1, 0.15) is 27.3 Å². The van der Waals surface area contributed by atoms with E-state index in [0.717, 1.165) is 35.4 Å². The number of aromatic amines is 1. The summed E-state index contributed by atoms with van der Waals surface area (Å²) < 4.78 is 9.01. The first kappa shape index (κ1) is 16.9. The zero-order valence-corrected chi connectivity index (χ0v) is 15.3. The molecule has 0 fully saturated rings. The molecule has 0 aliphatic carbocycles. The maximum absolute atomic E-state index is 12.5. The fourth-order valence-corrected chi connectivity index (χ4v) is 3.75. The number of ether oxygens (including phenoxy) is 1. The maximum Gasteiger partial charge on any atom is 0.275 e. The van der Waals surface area contributed by atoms with Crippen molar-refractivity contribution in [2.75, 3.05) is 20.2 Å². The number of fused-ring (bicyclic) bond motifs is 1. The largest absolute Gasteiger partial charge is 0.380 e. The van der Waals surface area contributed by atoms with Crippen LogP contribution in [0.15, 0.2) is 29.6 Å². The van der Waals surface area contributed by atoms with E-state index in [9.17, 15) is 4.79 Å². The molecule has 0 bridgehead atoms. The van der Waals surface area contributed by atoms with E-state index in [1.54, 1.807) is 12.5 Å². The van der Waals surface area contributed by atoms with Crippen molar-refractivity contribution in [2.24, 2.45) is 0 Å². The molecule has 26 heavy (non-hydrogen) atoms. The molecule has 3 heterocycles. The number of carbonyl (C=O) groups is 1. The Hall–Kier alpha value is -2.58. The summed E-state index contributed by atoms with van der Waals surface area (Å²) in [4.78, 5) is 14.4. The van der Waals surface area contributed by atoms with Crippen molar-refractivity contribution in [3.63, 3.8) is 0 Å². The highest BCUT2D eigenvalue weighted by atomic mass is 32.1. The number of carbonyl (C=O) groups excluding carboxylic acids is 1. The normalized spacial score (nSPS) is 14.1. The fourth-order valence-electron chi connectivity index (χ4n) is 3.32. The number of amides is 1. The second-order valence-electron chi connectivity index (χ2n) is 6.25. The monoisotopic (exact) mass is 369 g/mol. The molecule has 0 atom stereocenters. The molecule has 1 aromatic carbocycles. The Morgan fingerprint density at radius 1 is 1.35 bits per heavy atom. The molecular weight excluding hydrogens is 350 g/mol. The van der Waals surface area contributed by atoms with E-state index in [-0.39, 0.29) is 5.91 Å². The van der Waals surface area contributed by atoms with E-state index in [2.05, 4.69) is 31.9 Å². The molecule has 1 amide bonds. The number of H-pyrrole nitrogens is 1. The van der Waals surface area contributed by atoms with Crippen molar-refractivity contribution < 1.29 is 9.53 Å². The molecule has 0 spiro atoms. The van der Waals surface area contributed by atoms with Crippen LogP contribution in [0.2, 0.25) is 0 Å². The van der Waals surface area contributed by atoms with Crippen LogP contribution in [-0.2, 0) is 24.2 Å². The Kier molecular flexibility index (Phi) is 4.77. The average molecular weight is 369 g/mol. The van der Waals surface area contributed by atoms with Gasteiger partial charge in [0.15, 0.2) is 5.69 Å². The molecular formula is C18H19N5O2S. The lowest BCUT2D eigenvalue weighted by molar-refractivity contribution is 0.0757. The number of benzene rings is 1. The highest BCUT2D eigenvalue weighted by Crippen LogP contribution is 2.27. The number of rotatable bonds is 4. The molecule has 1 aliphatic heterocycles. The van der Waals surface area contributed by atoms with Crippen molar-refractivity contribution >= 4 is 17.4 Å². The highest BCUT2D eigenvalue weighted by Gasteiger charge is 2.24. The third-order valence-electron chi connectivity index (χ3n) is 4.59. The first-order valence-electron chi connectivity index (χ1n) is 8.47. The Balaban J connectivity index is 1.57. The van der Waals surface area contributed by atoms with E-state index in [4.69, 9.17) is 4.74 Å². The van der Waals surface area contributed by atoms with Gasteiger partial charge in [0.25, 0.3) is 5.91 Å². The van der Waals surface area contributed by atoms with Crippen molar-refractivity contribution in [1.29, 1.82) is 0 Å². The van der Waals surface area contributed by atoms with Crippen molar-refractivity contribution in [1.82, 2.24) is 24.7 Å². The summed E-state index contributed by atoms with van der Waals surface area (Å²) >= 11 is 1.20. The Morgan fingerprint density at radius 3 is 3.04 bits per heavy atom. The number of nitrogens with zero attached hydrogens (tertiary/aromatic N) is 4. The maximum atomic E-state index is 12.5. The van der Waals surface area contributed by atoms with Gasteiger partial charge in [0, 0.05) is 48.8 Å². The van der Waals surface area contributed by atoms with Gasteiger partial charge in [0.1, 0.15) is 0 Å². The lowest BCUT2D eigenvalue weighted by Crippen LogP contribution is -2.33. The van der Waals surface area contributed by atoms with Gasteiger partial charge in [-0.05, 0) is 29.6 Å². The highest BCUT2D eigenvalue weighted by molar-refractivity contribution is 7.03. The molecule has 2 aromatic heterocycles. The SMILES string of the molecule is COCc1cccc(-c2n[nH]c3c2CCN(C(=O)c2csnn2)CC3)c1. The van der Waals surface area contributed by atoms with Crippen LogP contribution < -0.4 is 0 Å². The Bertz CT molecular complexity index is 906. The summed E-state index contributed by atoms with van der Waals surface area (Å²) in [6.45, 7) is 1.87. The number of hydrogen-bond acceptors (Lipinski definition) is 6. The summed E-state index contributed by atoms with van der Waals surface area (Å²) in [7, 11) is 1.69. The van der Waals surface area contributed by atoms with Crippen molar-refractivity contribution in [3.8, 4) is 11.3 Å². The molecule has 8 heteroatoms. The van der Waals surface area contributed by atoms with Gasteiger partial charge in [-0.1, -0.05) is 22.7 Å². The van der Waals surface area contributed by atoms with Gasteiger partial charge in [-0.25, -0.2) is 0 Å². The van der Waals surface area contributed by atoms with Gasteiger partial charge in [-0.15, -0.1) is 5.10 Å². The zero-order chi connectivity index (χ0) is 17.9. The minimum absolute atomic E-state index is 0.0551. The van der Waals surface area contributed by atoms with Crippen LogP contribution in [0, 0.1) is 0 Å². The van der Waals surface area contributed by atoms with E-state index >= 15 is 0 Å². The predicted octanol–water partition coefficient (Wildman–Crippen LogP) is 2.32. The van der Waals surface area contributed by atoms with E-state index in [0.29, 0.717) is 25.4 Å². The fraction of sp³-hybridized carbons (Fsp3) is 0.333. The minimum atomic E-state index is -0.0551. The third kappa shape index (κ3) is 3.25. The predicted molar refractivity (Wildman–Crippen MR) is 98.0 cm³/mol. The second-order valence-corrected chi connectivity index (χ2v) is 6.85. The van der Waals surface area contributed by atoms with Crippen LogP contribution in [-0.4, -0.2) is 50.8 Å². The van der Waals surface area contributed by atoms with Crippen LogP contribution in [0.3, 0.4) is 0 Å². The molecule has 7 nitrogen and oxygen atoms in total. The minimum Gasteiger partial charge on any atom is -0.380 e. The van der Waals surface area contributed by atoms with Gasteiger partial charge < -0.3 is 9.64 Å². The van der Waals surface area contributed by atoms with Crippen LogP contribution in [0.5, 0.6) is 0 Å². The smallest absolute Gasteiger partial charge is 0.275 e. The first-order chi connectivity index (χ1) is 12.8. The average Bonchev–Trinajstić information content (AvgIpc) is 3.28. The molecule has 3 aromatic rings. The molecule has 0 unspecified atom stereocenters. The lowest BCUT2D eigenvalue weighted by atomic mass is 10.0. The van der Waals surface area contributed by atoms with Crippen molar-refractivity contribution in [3.05, 3.63) is 52.2 Å². The molecule has 134 valence electrons. The van der Waals surface area contributed by atoms with Gasteiger partial charge in [0.05, 0.1) is 12.3 Å². The van der Waals surface area contributed by atoms with Crippen LogP contribution >= 0.6 is 11.5 Å². The number of methoxy groups -OCH3 is 1. The molecule has 0 radical (unpaired) electrons. The summed E-state index contributed by atoms with van der Waals surface area (Å²) in [6.07, 6.45) is 1.52. The molecule has 1 aliphatic rings. The lowest BCUT2D eigenvalue weighted by Gasteiger charge is -2.18. The quantitative estimate of drug-likeness (QED) is 0.763. The number of hydrogen-bond donors (Lipinski definition) is 1. The second kappa shape index (κ2) is 7.35. The number of aromatic nitrogens is 4. The zero-order valence-electron chi connectivity index (χ0n) is 14.4. The number of nitrogens with one attached hydrogen (secondary N) is 1. The molecule has 4 rings (SSSR count). The van der Waals surface area contributed by atoms with E-state index < -0.39 is 0 Å².